The van der Waals surface area contributed by atoms with Gasteiger partial charge >= 0.3 is 0 Å². The number of hydrogen-bond acceptors (Lipinski definition) is 3. The Labute approximate surface area is 103 Å². The molecule has 0 fully saturated rings. The Morgan fingerprint density at radius 2 is 2.18 bits per heavy atom. The van der Waals surface area contributed by atoms with E-state index in [9.17, 15) is 0 Å². The van der Waals surface area contributed by atoms with Gasteiger partial charge in [-0.05, 0) is 24.0 Å². The second kappa shape index (κ2) is 5.07. The quantitative estimate of drug-likeness (QED) is 0.813. The normalized spacial score (nSPS) is 22.6. The van der Waals surface area contributed by atoms with Crippen molar-refractivity contribution >= 4 is 0 Å². The summed E-state index contributed by atoms with van der Waals surface area (Å²) in [7, 11) is 1.65. The fourth-order valence-corrected chi connectivity index (χ4v) is 2.29. The van der Waals surface area contributed by atoms with Crippen molar-refractivity contribution in [2.24, 2.45) is 0 Å². The first kappa shape index (κ1) is 12.4. The van der Waals surface area contributed by atoms with Crippen molar-refractivity contribution in [3.05, 3.63) is 29.3 Å². The van der Waals surface area contributed by atoms with E-state index in [-0.39, 0.29) is 12.1 Å². The van der Waals surface area contributed by atoms with E-state index in [1.807, 2.05) is 0 Å². The average Bonchev–Trinajstić information content (AvgIpc) is 2.67. The third-order valence-electron chi connectivity index (χ3n) is 3.33. The van der Waals surface area contributed by atoms with Crippen LogP contribution in [0.2, 0.25) is 0 Å². The number of hydroxylamine groups is 1. The zero-order chi connectivity index (χ0) is 12.4. The van der Waals surface area contributed by atoms with Crippen molar-refractivity contribution in [1.29, 1.82) is 0 Å². The monoisotopic (exact) mass is 235 g/mol. The molecule has 0 bridgehead atoms. The maximum absolute atomic E-state index is 5.91. The Bertz CT molecular complexity index is 390. The molecule has 0 saturated heterocycles. The Morgan fingerprint density at radius 1 is 1.41 bits per heavy atom. The molecule has 3 heteroatoms. The van der Waals surface area contributed by atoms with E-state index >= 15 is 0 Å². The predicted octanol–water partition coefficient (Wildman–Crippen LogP) is 3.17. The van der Waals surface area contributed by atoms with Crippen LogP contribution in [-0.2, 0) is 4.84 Å². The maximum atomic E-state index is 5.91. The second-order valence-electron chi connectivity index (χ2n) is 4.82. The number of ether oxygens (including phenoxy) is 1. The summed E-state index contributed by atoms with van der Waals surface area (Å²) in [6, 6.07) is 6.58. The van der Waals surface area contributed by atoms with E-state index in [0.717, 1.165) is 12.2 Å². The minimum Gasteiger partial charge on any atom is -0.488 e. The number of hydrogen-bond donors (Lipinski definition) is 1. The second-order valence-corrected chi connectivity index (χ2v) is 4.82. The predicted molar refractivity (Wildman–Crippen MR) is 68.1 cm³/mol. The van der Waals surface area contributed by atoms with E-state index in [1.165, 1.54) is 11.1 Å². The number of benzene rings is 1. The van der Waals surface area contributed by atoms with Crippen LogP contribution in [0, 0.1) is 0 Å². The van der Waals surface area contributed by atoms with Crippen LogP contribution < -0.4 is 10.2 Å². The lowest BCUT2D eigenvalue weighted by molar-refractivity contribution is 0.0283. The molecule has 17 heavy (non-hydrogen) atoms. The number of fused-ring (bicyclic) bond motifs is 1. The zero-order valence-corrected chi connectivity index (χ0v) is 11.0. The lowest BCUT2D eigenvalue weighted by atomic mass is 9.96. The van der Waals surface area contributed by atoms with Crippen LogP contribution >= 0.6 is 0 Å². The molecule has 1 heterocycles. The smallest absolute Gasteiger partial charge is 0.124 e. The van der Waals surface area contributed by atoms with Crippen LogP contribution in [0.1, 0.15) is 50.3 Å². The number of rotatable bonds is 4. The molecule has 2 rings (SSSR count). The first-order valence-corrected chi connectivity index (χ1v) is 6.26. The molecule has 1 aliphatic heterocycles. The molecule has 0 aromatic heterocycles. The van der Waals surface area contributed by atoms with Gasteiger partial charge in [-0.2, -0.15) is 5.48 Å². The van der Waals surface area contributed by atoms with Crippen LogP contribution in [0.15, 0.2) is 18.2 Å². The van der Waals surface area contributed by atoms with Crippen molar-refractivity contribution in [2.75, 3.05) is 7.11 Å². The minimum atomic E-state index is 0.138. The van der Waals surface area contributed by atoms with Gasteiger partial charge in [0, 0.05) is 5.56 Å². The van der Waals surface area contributed by atoms with Crippen molar-refractivity contribution in [3.8, 4) is 5.75 Å². The van der Waals surface area contributed by atoms with E-state index < -0.39 is 0 Å². The molecule has 2 atom stereocenters. The molecule has 0 amide bonds. The standard InChI is InChI=1S/C14H21NO2/c1-5-12-14(15-16-4)11-8-10(9(2)3)6-7-13(11)17-12/h6-9,12,14-15H,5H2,1-4H3. The molecular formula is C14H21NO2. The van der Waals surface area contributed by atoms with Crippen LogP contribution in [0.3, 0.4) is 0 Å². The van der Waals surface area contributed by atoms with Crippen molar-refractivity contribution in [2.45, 2.75) is 45.3 Å². The van der Waals surface area contributed by atoms with Gasteiger partial charge in [-0.3, -0.25) is 0 Å². The summed E-state index contributed by atoms with van der Waals surface area (Å²) in [6.45, 7) is 6.53. The molecule has 0 aliphatic carbocycles. The van der Waals surface area contributed by atoms with Crippen molar-refractivity contribution in [1.82, 2.24) is 5.48 Å². The summed E-state index contributed by atoms with van der Waals surface area (Å²) in [5.41, 5.74) is 5.60. The van der Waals surface area contributed by atoms with Gasteiger partial charge in [0.1, 0.15) is 11.9 Å². The maximum Gasteiger partial charge on any atom is 0.124 e. The highest BCUT2D eigenvalue weighted by Gasteiger charge is 2.33. The van der Waals surface area contributed by atoms with Gasteiger partial charge in [0.2, 0.25) is 0 Å². The lowest BCUT2D eigenvalue weighted by Crippen LogP contribution is -2.29. The molecular weight excluding hydrogens is 214 g/mol. The molecule has 0 radical (unpaired) electrons. The first-order chi connectivity index (χ1) is 8.17. The number of nitrogens with one attached hydrogen (secondary N) is 1. The third-order valence-corrected chi connectivity index (χ3v) is 3.33. The zero-order valence-electron chi connectivity index (χ0n) is 11.0. The largest absolute Gasteiger partial charge is 0.488 e. The minimum absolute atomic E-state index is 0.138. The summed E-state index contributed by atoms with van der Waals surface area (Å²) >= 11 is 0. The van der Waals surface area contributed by atoms with Gasteiger partial charge in [-0.25, -0.2) is 0 Å². The fourth-order valence-electron chi connectivity index (χ4n) is 2.29. The van der Waals surface area contributed by atoms with Gasteiger partial charge in [0.25, 0.3) is 0 Å². The van der Waals surface area contributed by atoms with E-state index in [0.29, 0.717) is 5.92 Å². The molecule has 1 aromatic rings. The van der Waals surface area contributed by atoms with E-state index in [2.05, 4.69) is 44.5 Å². The summed E-state index contributed by atoms with van der Waals surface area (Å²) in [5, 5.41) is 0. The van der Waals surface area contributed by atoms with Crippen LogP contribution in [0.25, 0.3) is 0 Å². The van der Waals surface area contributed by atoms with Crippen molar-refractivity contribution in [3.63, 3.8) is 0 Å². The summed E-state index contributed by atoms with van der Waals surface area (Å²) in [5.74, 6) is 1.51. The molecule has 0 saturated carbocycles. The lowest BCUT2D eigenvalue weighted by Gasteiger charge is -2.17. The van der Waals surface area contributed by atoms with Crippen LogP contribution in [0.4, 0.5) is 0 Å². The molecule has 1 aromatic carbocycles. The van der Waals surface area contributed by atoms with Gasteiger partial charge in [-0.15, -0.1) is 0 Å². The SMILES string of the molecule is CCC1Oc2ccc(C(C)C)cc2C1NOC. The van der Waals surface area contributed by atoms with Gasteiger partial charge in [0.15, 0.2) is 0 Å². The Hall–Kier alpha value is -1.06. The molecule has 2 unspecified atom stereocenters. The highest BCUT2D eigenvalue weighted by atomic mass is 16.6. The van der Waals surface area contributed by atoms with Crippen LogP contribution in [0.5, 0.6) is 5.75 Å². The highest BCUT2D eigenvalue weighted by Crippen LogP contribution is 2.39. The Morgan fingerprint density at radius 3 is 2.76 bits per heavy atom. The Kier molecular flexibility index (Phi) is 3.69. The van der Waals surface area contributed by atoms with E-state index in [1.54, 1.807) is 7.11 Å². The summed E-state index contributed by atoms with van der Waals surface area (Å²) in [4.78, 5) is 5.09. The van der Waals surface area contributed by atoms with Gasteiger partial charge < -0.3 is 9.57 Å². The molecule has 0 spiro atoms. The van der Waals surface area contributed by atoms with Gasteiger partial charge in [-0.1, -0.05) is 32.9 Å². The Balaban J connectivity index is 2.33. The summed E-state index contributed by atoms with van der Waals surface area (Å²) < 4.78 is 5.91. The molecule has 3 nitrogen and oxygen atoms in total. The third kappa shape index (κ3) is 2.31. The van der Waals surface area contributed by atoms with Crippen molar-refractivity contribution < 1.29 is 9.57 Å². The highest BCUT2D eigenvalue weighted by molar-refractivity contribution is 5.44. The van der Waals surface area contributed by atoms with E-state index in [4.69, 9.17) is 9.57 Å². The molecule has 1 aliphatic rings. The van der Waals surface area contributed by atoms with Gasteiger partial charge in [0.05, 0.1) is 13.2 Å². The van der Waals surface area contributed by atoms with Crippen LogP contribution in [-0.4, -0.2) is 13.2 Å². The fraction of sp³-hybridized carbons (Fsp3) is 0.571. The summed E-state index contributed by atoms with van der Waals surface area (Å²) in [6.07, 6.45) is 1.12. The average molecular weight is 235 g/mol. The molecule has 1 N–H and O–H groups in total. The molecule has 94 valence electrons. The topological polar surface area (TPSA) is 30.5 Å². The first-order valence-electron chi connectivity index (χ1n) is 6.26.